The third kappa shape index (κ3) is 5.20. The molecule has 7 nitrogen and oxygen atoms in total. The Morgan fingerprint density at radius 1 is 0.909 bits per heavy atom. The number of benzene rings is 3. The van der Waals surface area contributed by atoms with Crippen LogP contribution in [0.5, 0.6) is 0 Å². The fourth-order valence-electron chi connectivity index (χ4n) is 3.35. The minimum absolute atomic E-state index is 0.00102. The fraction of sp³-hybridized carbons (Fsp3) is 0. The second-order valence-corrected chi connectivity index (χ2v) is 9.29. The molecule has 0 aliphatic carbocycles. The van der Waals surface area contributed by atoms with E-state index in [0.717, 1.165) is 0 Å². The van der Waals surface area contributed by atoms with Crippen molar-refractivity contribution in [2.45, 2.75) is 4.90 Å². The van der Waals surface area contributed by atoms with E-state index in [2.05, 4.69) is 10.3 Å². The van der Waals surface area contributed by atoms with Gasteiger partial charge >= 0.3 is 0 Å². The first kappa shape index (κ1) is 22.5. The number of hydrogen-bond donors (Lipinski definition) is 3. The van der Waals surface area contributed by atoms with Crippen LogP contribution in [0.4, 0.5) is 11.4 Å². The van der Waals surface area contributed by atoms with Crippen LogP contribution in [0.15, 0.2) is 90.1 Å². The molecule has 3 aromatic carbocycles. The van der Waals surface area contributed by atoms with Crippen LogP contribution in [0, 0.1) is 0 Å². The second-order valence-electron chi connectivity index (χ2n) is 7.30. The average molecular weight is 479 g/mol. The quantitative estimate of drug-likeness (QED) is 0.362. The van der Waals surface area contributed by atoms with Gasteiger partial charge < -0.3 is 11.1 Å². The molecule has 0 fully saturated rings. The summed E-state index contributed by atoms with van der Waals surface area (Å²) < 4.78 is 23.2. The largest absolute Gasteiger partial charge is 0.398 e. The molecule has 1 amide bonds. The molecule has 4 rings (SSSR count). The van der Waals surface area contributed by atoms with Gasteiger partial charge in [-0.15, -0.1) is 0 Å². The predicted octanol–water partition coefficient (Wildman–Crippen LogP) is 4.55. The Bertz CT molecular complexity index is 1440. The van der Waals surface area contributed by atoms with Crippen molar-refractivity contribution in [1.29, 1.82) is 0 Å². The van der Waals surface area contributed by atoms with Crippen molar-refractivity contribution in [3.8, 4) is 22.3 Å². The normalized spacial score (nSPS) is 11.2. The van der Waals surface area contributed by atoms with Gasteiger partial charge in [-0.25, -0.2) is 13.6 Å². The lowest BCUT2D eigenvalue weighted by Crippen LogP contribution is -2.12. The van der Waals surface area contributed by atoms with Gasteiger partial charge in [0.25, 0.3) is 5.91 Å². The van der Waals surface area contributed by atoms with Gasteiger partial charge in [-0.2, -0.15) is 0 Å². The molecular formula is C24H19ClN4O3S. The first-order chi connectivity index (χ1) is 15.7. The first-order valence-corrected chi connectivity index (χ1v) is 11.7. The Kier molecular flexibility index (Phi) is 6.15. The van der Waals surface area contributed by atoms with E-state index < -0.39 is 10.0 Å². The highest BCUT2D eigenvalue weighted by Crippen LogP contribution is 2.33. The van der Waals surface area contributed by atoms with Crippen LogP contribution in [0.3, 0.4) is 0 Å². The maximum atomic E-state index is 13.0. The van der Waals surface area contributed by atoms with Crippen molar-refractivity contribution in [3.63, 3.8) is 0 Å². The number of primary sulfonamides is 1. The third-order valence-corrected chi connectivity index (χ3v) is 6.12. The number of anilines is 2. The lowest BCUT2D eigenvalue weighted by molar-refractivity contribution is 0.102. The summed E-state index contributed by atoms with van der Waals surface area (Å²) in [4.78, 5) is 17.0. The molecule has 0 aliphatic rings. The highest BCUT2D eigenvalue weighted by Gasteiger charge is 2.14. The molecule has 0 bridgehead atoms. The zero-order valence-electron chi connectivity index (χ0n) is 17.2. The molecule has 9 heteroatoms. The van der Waals surface area contributed by atoms with Gasteiger partial charge in [0.15, 0.2) is 0 Å². The Labute approximate surface area is 196 Å². The molecule has 4 aromatic rings. The van der Waals surface area contributed by atoms with Gasteiger partial charge in [-0.05, 0) is 71.3 Å². The number of nitrogens with two attached hydrogens (primary N) is 2. The summed E-state index contributed by atoms with van der Waals surface area (Å²) >= 11 is 6.05. The van der Waals surface area contributed by atoms with E-state index in [1.54, 1.807) is 67.0 Å². The lowest BCUT2D eigenvalue weighted by atomic mass is 9.95. The minimum atomic E-state index is -3.82. The number of amides is 1. The van der Waals surface area contributed by atoms with E-state index in [4.69, 9.17) is 22.5 Å². The number of halogens is 1. The van der Waals surface area contributed by atoms with Crippen LogP contribution in [-0.4, -0.2) is 19.3 Å². The summed E-state index contributed by atoms with van der Waals surface area (Å²) in [5.41, 5.74) is 10.4. The van der Waals surface area contributed by atoms with Crippen molar-refractivity contribution in [3.05, 3.63) is 95.8 Å². The Morgan fingerprint density at radius 2 is 1.64 bits per heavy atom. The van der Waals surface area contributed by atoms with Crippen LogP contribution < -0.4 is 16.2 Å². The fourth-order valence-corrected chi connectivity index (χ4v) is 4.05. The van der Waals surface area contributed by atoms with Gasteiger partial charge in [0.2, 0.25) is 10.0 Å². The van der Waals surface area contributed by atoms with Gasteiger partial charge in [-0.1, -0.05) is 29.8 Å². The van der Waals surface area contributed by atoms with Crippen molar-refractivity contribution in [2.24, 2.45) is 5.14 Å². The summed E-state index contributed by atoms with van der Waals surface area (Å²) in [5, 5.41) is 8.52. The van der Waals surface area contributed by atoms with Gasteiger partial charge in [0, 0.05) is 28.0 Å². The topological polar surface area (TPSA) is 128 Å². The van der Waals surface area contributed by atoms with E-state index in [-0.39, 0.29) is 10.8 Å². The molecule has 5 N–H and O–H groups in total. The molecule has 0 unspecified atom stereocenters. The summed E-state index contributed by atoms with van der Waals surface area (Å²) in [7, 11) is -3.82. The number of carbonyl (C=O) groups excluding carboxylic acids is 1. The van der Waals surface area contributed by atoms with E-state index >= 15 is 0 Å². The second kappa shape index (κ2) is 9.03. The number of rotatable bonds is 5. The van der Waals surface area contributed by atoms with Crippen molar-refractivity contribution in [1.82, 2.24) is 4.98 Å². The summed E-state index contributed by atoms with van der Waals surface area (Å²) in [6, 6.07) is 20.0. The summed E-state index contributed by atoms with van der Waals surface area (Å²) in [5.74, 6) is -0.334. The highest BCUT2D eigenvalue weighted by atomic mass is 35.5. The zero-order valence-corrected chi connectivity index (χ0v) is 18.8. The van der Waals surface area contributed by atoms with E-state index in [9.17, 15) is 13.2 Å². The number of nitrogen functional groups attached to an aromatic ring is 1. The van der Waals surface area contributed by atoms with Crippen LogP contribution in [-0.2, 0) is 10.0 Å². The number of nitrogens with zero attached hydrogens (tertiary/aromatic N) is 1. The Morgan fingerprint density at radius 3 is 2.27 bits per heavy atom. The van der Waals surface area contributed by atoms with Crippen molar-refractivity contribution >= 4 is 38.9 Å². The number of nitrogens with one attached hydrogen (secondary N) is 1. The van der Waals surface area contributed by atoms with Crippen LogP contribution in [0.1, 0.15) is 10.4 Å². The van der Waals surface area contributed by atoms with Crippen molar-refractivity contribution < 1.29 is 13.2 Å². The molecule has 166 valence electrons. The zero-order chi connectivity index (χ0) is 23.6. The molecule has 1 heterocycles. The van der Waals surface area contributed by atoms with Crippen LogP contribution in [0.25, 0.3) is 22.3 Å². The van der Waals surface area contributed by atoms with Crippen LogP contribution >= 0.6 is 11.6 Å². The molecule has 0 aliphatic heterocycles. The highest BCUT2D eigenvalue weighted by molar-refractivity contribution is 7.89. The SMILES string of the molecule is Nc1cc(Cl)ccc1-c1cc(C(=O)Nc2cccnc2)cc(-c2ccc(S(N)(=O)=O)cc2)c1. The Balaban J connectivity index is 1.82. The van der Waals surface area contributed by atoms with Gasteiger partial charge in [0.1, 0.15) is 0 Å². The third-order valence-electron chi connectivity index (χ3n) is 4.96. The van der Waals surface area contributed by atoms with Crippen LogP contribution in [0.2, 0.25) is 5.02 Å². The summed E-state index contributed by atoms with van der Waals surface area (Å²) in [6.07, 6.45) is 3.16. The number of hydrogen-bond acceptors (Lipinski definition) is 5. The molecule has 0 saturated carbocycles. The standard InChI is InChI=1S/C24H19ClN4O3S/c25-19-5-8-22(23(26)13-19)17-10-16(15-3-6-21(7-4-15)33(27,31)32)11-18(12-17)24(30)29-20-2-1-9-28-14-20/h1-14H,26H2,(H,29,30)(H2,27,31,32). The summed E-state index contributed by atoms with van der Waals surface area (Å²) in [6.45, 7) is 0. The number of aromatic nitrogens is 1. The molecule has 0 radical (unpaired) electrons. The van der Waals surface area contributed by atoms with Crippen molar-refractivity contribution in [2.75, 3.05) is 11.1 Å². The maximum absolute atomic E-state index is 13.0. The predicted molar refractivity (Wildman–Crippen MR) is 130 cm³/mol. The smallest absolute Gasteiger partial charge is 0.255 e. The maximum Gasteiger partial charge on any atom is 0.255 e. The van der Waals surface area contributed by atoms with E-state index in [1.807, 2.05) is 6.07 Å². The molecular weight excluding hydrogens is 460 g/mol. The molecule has 33 heavy (non-hydrogen) atoms. The average Bonchev–Trinajstić information content (AvgIpc) is 2.79. The van der Waals surface area contributed by atoms with Gasteiger partial charge in [0.05, 0.1) is 16.8 Å². The molecule has 0 saturated heterocycles. The first-order valence-electron chi connectivity index (χ1n) is 9.76. The van der Waals surface area contributed by atoms with E-state index in [0.29, 0.717) is 44.2 Å². The lowest BCUT2D eigenvalue weighted by Gasteiger charge is -2.13. The number of pyridine rings is 1. The van der Waals surface area contributed by atoms with Gasteiger partial charge in [-0.3, -0.25) is 9.78 Å². The number of carbonyl (C=O) groups is 1. The molecule has 0 spiro atoms. The number of sulfonamides is 1. The Hall–Kier alpha value is -3.72. The van der Waals surface area contributed by atoms with E-state index in [1.165, 1.54) is 12.1 Å². The monoisotopic (exact) mass is 478 g/mol. The molecule has 0 atom stereocenters. The minimum Gasteiger partial charge on any atom is -0.398 e. The molecule has 1 aromatic heterocycles.